The Morgan fingerprint density at radius 2 is 1.81 bits per heavy atom. The number of benzene rings is 1. The van der Waals surface area contributed by atoms with Crippen molar-refractivity contribution in [2.45, 2.75) is 32.0 Å². The van der Waals surface area contributed by atoms with Gasteiger partial charge in [0.25, 0.3) is 11.8 Å². The molecule has 4 N–H and O–H groups in total. The Morgan fingerprint density at radius 3 is 2.41 bits per heavy atom. The van der Waals surface area contributed by atoms with Crippen LogP contribution < -0.4 is 21.5 Å². The molecule has 0 unspecified atom stereocenters. The minimum Gasteiger partial charge on any atom is -0.544 e. The number of imidazole rings is 1. The molecule has 1 atom stereocenters. The van der Waals surface area contributed by atoms with Gasteiger partial charge in [-0.05, 0) is 37.3 Å². The molecule has 4 aromatic rings. The molecular weight excluding hydrogens is 783 g/mol. The highest BCUT2D eigenvalue weighted by atomic mass is 35.5. The van der Waals surface area contributed by atoms with Crippen LogP contribution in [0.15, 0.2) is 48.9 Å². The number of nitrogen functional groups attached to an aromatic ring is 1. The number of hydrogen-bond donors (Lipinski definition) is 3. The zero-order chi connectivity index (χ0) is 41.5. The van der Waals surface area contributed by atoms with E-state index >= 15 is 0 Å². The number of piperazine rings is 1. The summed E-state index contributed by atoms with van der Waals surface area (Å²) in [6, 6.07) is 6.98. The van der Waals surface area contributed by atoms with E-state index < -0.39 is 23.7 Å². The minimum atomic E-state index is -4.83. The van der Waals surface area contributed by atoms with E-state index in [1.807, 2.05) is 6.92 Å². The molecule has 308 valence electrons. The molecule has 3 saturated heterocycles. The third-order valence-corrected chi connectivity index (χ3v) is 11.7. The highest BCUT2D eigenvalue weighted by Crippen LogP contribution is 2.37. The summed E-state index contributed by atoms with van der Waals surface area (Å²) in [7, 11) is 1.40. The van der Waals surface area contributed by atoms with Crippen LogP contribution in [0.25, 0.3) is 17.1 Å². The average Bonchev–Trinajstić information content (AvgIpc) is 3.77. The zero-order valence-electron chi connectivity index (χ0n) is 31.8. The Labute approximate surface area is 336 Å². The Morgan fingerprint density at radius 1 is 1.07 bits per heavy atom. The van der Waals surface area contributed by atoms with Gasteiger partial charge in [0.1, 0.15) is 6.54 Å². The number of pyridine rings is 1. The molecule has 1 aromatic carbocycles. The number of rotatable bonds is 10. The predicted molar refractivity (Wildman–Crippen MR) is 203 cm³/mol. The van der Waals surface area contributed by atoms with E-state index in [0.29, 0.717) is 48.6 Å². The van der Waals surface area contributed by atoms with Gasteiger partial charge in [0.2, 0.25) is 5.91 Å². The lowest BCUT2D eigenvalue weighted by atomic mass is 9.90. The van der Waals surface area contributed by atoms with Gasteiger partial charge in [-0.2, -0.15) is 18.3 Å². The first-order valence-corrected chi connectivity index (χ1v) is 19.3. The lowest BCUT2D eigenvalue weighted by Crippen LogP contribution is -2.64. The molecule has 0 radical (unpaired) electrons. The van der Waals surface area contributed by atoms with Gasteiger partial charge in [0.15, 0.2) is 17.3 Å². The normalized spacial score (nSPS) is 21.4. The Bertz CT molecular complexity index is 2210. The number of nitrogens with zero attached hydrogens (tertiary/aromatic N) is 8. The van der Waals surface area contributed by atoms with Crippen molar-refractivity contribution in [3.8, 4) is 17.1 Å². The number of carbonyl (C=O) groups excluding carboxylic acids is 4. The molecular formula is C38H43ClF3N11O5. The van der Waals surface area contributed by atoms with Crippen LogP contribution >= 0.6 is 11.6 Å². The van der Waals surface area contributed by atoms with Crippen molar-refractivity contribution in [2.75, 3.05) is 70.0 Å². The molecule has 3 fully saturated rings. The fraction of sp³-hybridized carbons (Fsp3) is 0.447. The number of quaternary nitrogens is 1. The standard InChI is InChI=1S/C38H43ClF3N11O5/c1-22-18-50(9-10-51(22)36(57)24-7-11-53(12-8-24,21-32(54)55)20-23-14-44-15-23)37(58)27-5-4-26(13-29(27)39)47-35(56)34-46-17-30(49(34)2)28-19-52(48-33(28)38(40,41)42)31-6-3-25(43)16-45-31/h3-6,13,16-17,19,22-24,44H,7-12,14-15,18,20-21,43H2,1-2H3,(H-,47,54,55,56,58)/t22-,24?,53?/m0/s1. The SMILES string of the molecule is C[C@H]1CN(C(=O)c2ccc(NC(=O)c3ncc(-c4cn(-c5ccc(N)cn5)nc4C(F)(F)F)n3C)cc2Cl)CCN1C(=O)C1CC[N+](CC(=O)[O-])(CC2CNC2)CC1. The van der Waals surface area contributed by atoms with Crippen molar-refractivity contribution in [3.63, 3.8) is 0 Å². The number of piperidine rings is 1. The van der Waals surface area contributed by atoms with Crippen LogP contribution in [0.2, 0.25) is 5.02 Å². The first-order valence-electron chi connectivity index (χ1n) is 18.9. The number of hydrogen-bond acceptors (Lipinski definition) is 10. The molecule has 3 aliphatic rings. The van der Waals surface area contributed by atoms with Gasteiger partial charge in [-0.3, -0.25) is 14.4 Å². The molecule has 20 heteroatoms. The van der Waals surface area contributed by atoms with Crippen LogP contribution in [-0.4, -0.2) is 127 Å². The summed E-state index contributed by atoms with van der Waals surface area (Å²) in [5, 5.41) is 21.2. The number of nitrogens with two attached hydrogens (primary N) is 1. The number of halogens is 4. The molecule has 0 spiro atoms. The number of aromatic nitrogens is 5. The number of alkyl halides is 3. The lowest BCUT2D eigenvalue weighted by molar-refractivity contribution is -0.931. The maximum Gasteiger partial charge on any atom is 0.435 e. The van der Waals surface area contributed by atoms with E-state index in [0.717, 1.165) is 36.7 Å². The number of carboxylic acids is 1. The third kappa shape index (κ3) is 8.37. The summed E-state index contributed by atoms with van der Waals surface area (Å²) in [5.41, 5.74) is 4.84. The van der Waals surface area contributed by atoms with Gasteiger partial charge in [0.05, 0.1) is 65.5 Å². The molecule has 6 heterocycles. The summed E-state index contributed by atoms with van der Waals surface area (Å²) in [6.07, 6.45) is -0.0814. The number of likely N-dealkylation sites (tertiary alicyclic amines) is 1. The highest BCUT2D eigenvalue weighted by molar-refractivity contribution is 6.34. The third-order valence-electron chi connectivity index (χ3n) is 11.3. The van der Waals surface area contributed by atoms with E-state index in [2.05, 4.69) is 25.7 Å². The number of carboxylic acid groups (broad SMARTS) is 1. The van der Waals surface area contributed by atoms with Gasteiger partial charge >= 0.3 is 6.18 Å². The molecule has 3 aromatic heterocycles. The van der Waals surface area contributed by atoms with E-state index in [9.17, 15) is 37.5 Å². The number of nitrogens with one attached hydrogen (secondary N) is 2. The molecule has 16 nitrogen and oxygen atoms in total. The quantitative estimate of drug-likeness (QED) is 0.199. The van der Waals surface area contributed by atoms with Crippen molar-refractivity contribution < 1.29 is 41.9 Å². The van der Waals surface area contributed by atoms with Gasteiger partial charge in [-0.25, -0.2) is 14.6 Å². The molecule has 0 bridgehead atoms. The Kier molecular flexibility index (Phi) is 11.2. The van der Waals surface area contributed by atoms with Crippen molar-refractivity contribution in [2.24, 2.45) is 18.9 Å². The van der Waals surface area contributed by atoms with Crippen LogP contribution in [0.5, 0.6) is 0 Å². The van der Waals surface area contributed by atoms with Crippen molar-refractivity contribution in [1.82, 2.24) is 39.4 Å². The Balaban J connectivity index is 0.970. The largest absolute Gasteiger partial charge is 0.544 e. The van der Waals surface area contributed by atoms with E-state index in [1.54, 1.807) is 9.80 Å². The zero-order valence-corrected chi connectivity index (χ0v) is 32.6. The van der Waals surface area contributed by atoms with Gasteiger partial charge in [-0.1, -0.05) is 11.6 Å². The van der Waals surface area contributed by atoms with Crippen LogP contribution in [0, 0.1) is 11.8 Å². The van der Waals surface area contributed by atoms with E-state index in [4.69, 9.17) is 17.3 Å². The molecule has 7 rings (SSSR count). The molecule has 0 aliphatic carbocycles. The second-order valence-corrected chi connectivity index (χ2v) is 15.8. The summed E-state index contributed by atoms with van der Waals surface area (Å²) in [5.74, 6) is -2.05. The lowest BCUT2D eigenvalue weighted by Gasteiger charge is -2.48. The fourth-order valence-electron chi connectivity index (χ4n) is 8.19. The average molecular weight is 826 g/mol. The maximum atomic E-state index is 14.1. The van der Waals surface area contributed by atoms with E-state index in [1.165, 1.54) is 48.1 Å². The monoisotopic (exact) mass is 825 g/mol. The van der Waals surface area contributed by atoms with Crippen LogP contribution in [0.1, 0.15) is 46.4 Å². The topological polar surface area (TPSA) is 196 Å². The molecule has 0 saturated carbocycles. The van der Waals surface area contributed by atoms with Gasteiger partial charge in [0, 0.05) is 82.4 Å². The number of amides is 3. The van der Waals surface area contributed by atoms with Crippen LogP contribution in [0.3, 0.4) is 0 Å². The van der Waals surface area contributed by atoms with Crippen molar-refractivity contribution in [3.05, 3.63) is 71.0 Å². The van der Waals surface area contributed by atoms with Gasteiger partial charge < -0.3 is 45.1 Å². The van der Waals surface area contributed by atoms with Crippen molar-refractivity contribution in [1.29, 1.82) is 0 Å². The number of carbonyl (C=O) groups is 4. The second kappa shape index (κ2) is 16.0. The first kappa shape index (κ1) is 40.7. The number of aliphatic carboxylic acids is 1. The van der Waals surface area contributed by atoms with Crippen LogP contribution in [0.4, 0.5) is 24.5 Å². The predicted octanol–water partition coefficient (Wildman–Crippen LogP) is 2.04. The summed E-state index contributed by atoms with van der Waals surface area (Å²) in [4.78, 5) is 63.8. The highest BCUT2D eigenvalue weighted by Gasteiger charge is 2.42. The van der Waals surface area contributed by atoms with Gasteiger partial charge in [-0.15, -0.1) is 0 Å². The summed E-state index contributed by atoms with van der Waals surface area (Å²) < 4.78 is 44.9. The second-order valence-electron chi connectivity index (χ2n) is 15.4. The smallest absolute Gasteiger partial charge is 0.435 e. The Hall–Kier alpha value is -5.53. The van der Waals surface area contributed by atoms with Crippen molar-refractivity contribution >= 4 is 46.7 Å². The number of anilines is 2. The van der Waals surface area contributed by atoms with E-state index in [-0.39, 0.29) is 82.6 Å². The summed E-state index contributed by atoms with van der Waals surface area (Å²) >= 11 is 6.57. The first-order chi connectivity index (χ1) is 27.5. The summed E-state index contributed by atoms with van der Waals surface area (Å²) in [6.45, 7) is 6.42. The molecule has 3 amide bonds. The molecule has 58 heavy (non-hydrogen) atoms. The fourth-order valence-corrected chi connectivity index (χ4v) is 8.45. The van der Waals surface area contributed by atoms with Crippen LogP contribution in [-0.2, 0) is 22.8 Å². The maximum absolute atomic E-state index is 14.1. The minimum absolute atomic E-state index is 0.0143. The molecule has 3 aliphatic heterocycles.